The number of rotatable bonds is 4. The van der Waals surface area contributed by atoms with Crippen LogP contribution in [0.25, 0.3) is 0 Å². The van der Waals surface area contributed by atoms with Crippen molar-refractivity contribution in [2.24, 2.45) is 11.8 Å². The molecule has 98 valence electrons. The van der Waals surface area contributed by atoms with Gasteiger partial charge in [-0.2, -0.15) is 0 Å². The summed E-state index contributed by atoms with van der Waals surface area (Å²) in [5.41, 5.74) is 1.11. The SMILES string of the molecule is O=C(NCc1ccccc1)[C@@H]1CCCC[C@@H]1CO. The fourth-order valence-electron chi connectivity index (χ4n) is 2.69. The van der Waals surface area contributed by atoms with E-state index in [2.05, 4.69) is 5.32 Å². The van der Waals surface area contributed by atoms with Crippen molar-refractivity contribution in [3.8, 4) is 0 Å². The van der Waals surface area contributed by atoms with Gasteiger partial charge in [-0.3, -0.25) is 4.79 Å². The molecule has 1 amide bonds. The molecule has 0 heterocycles. The van der Waals surface area contributed by atoms with Gasteiger partial charge in [0.15, 0.2) is 0 Å². The molecular formula is C15H21NO2. The molecule has 0 unspecified atom stereocenters. The van der Waals surface area contributed by atoms with Gasteiger partial charge in [0.25, 0.3) is 0 Å². The first kappa shape index (κ1) is 13.1. The first-order valence-corrected chi connectivity index (χ1v) is 6.73. The summed E-state index contributed by atoms with van der Waals surface area (Å²) in [7, 11) is 0. The normalized spacial score (nSPS) is 23.6. The van der Waals surface area contributed by atoms with Gasteiger partial charge in [0.1, 0.15) is 0 Å². The lowest BCUT2D eigenvalue weighted by Gasteiger charge is -2.29. The van der Waals surface area contributed by atoms with E-state index in [4.69, 9.17) is 0 Å². The highest BCUT2D eigenvalue weighted by Gasteiger charge is 2.29. The molecule has 1 aromatic carbocycles. The highest BCUT2D eigenvalue weighted by molar-refractivity contribution is 5.79. The molecule has 0 spiro atoms. The first-order valence-electron chi connectivity index (χ1n) is 6.73. The summed E-state index contributed by atoms with van der Waals surface area (Å²) < 4.78 is 0. The molecule has 1 aromatic rings. The number of amides is 1. The Hall–Kier alpha value is -1.35. The van der Waals surface area contributed by atoms with Crippen molar-refractivity contribution in [2.45, 2.75) is 32.2 Å². The van der Waals surface area contributed by atoms with Crippen LogP contribution >= 0.6 is 0 Å². The van der Waals surface area contributed by atoms with Crippen LogP contribution in [0.4, 0.5) is 0 Å². The van der Waals surface area contributed by atoms with E-state index in [1.54, 1.807) is 0 Å². The second kappa shape index (κ2) is 6.55. The van der Waals surface area contributed by atoms with Crippen LogP contribution in [-0.4, -0.2) is 17.6 Å². The molecule has 18 heavy (non-hydrogen) atoms. The molecule has 1 aliphatic rings. The average molecular weight is 247 g/mol. The number of hydrogen-bond acceptors (Lipinski definition) is 2. The third kappa shape index (κ3) is 3.33. The molecule has 0 aromatic heterocycles. The van der Waals surface area contributed by atoms with Crippen LogP contribution in [0.2, 0.25) is 0 Å². The van der Waals surface area contributed by atoms with Crippen molar-refractivity contribution >= 4 is 5.91 Å². The summed E-state index contributed by atoms with van der Waals surface area (Å²) in [4.78, 5) is 12.1. The Morgan fingerprint density at radius 3 is 2.67 bits per heavy atom. The van der Waals surface area contributed by atoms with Gasteiger partial charge in [-0.1, -0.05) is 43.2 Å². The van der Waals surface area contributed by atoms with Gasteiger partial charge in [0.2, 0.25) is 5.91 Å². The van der Waals surface area contributed by atoms with Gasteiger partial charge in [0, 0.05) is 19.1 Å². The fourth-order valence-corrected chi connectivity index (χ4v) is 2.69. The quantitative estimate of drug-likeness (QED) is 0.856. The predicted molar refractivity (Wildman–Crippen MR) is 70.8 cm³/mol. The summed E-state index contributed by atoms with van der Waals surface area (Å²) in [5.74, 6) is 0.236. The average Bonchev–Trinajstić information content (AvgIpc) is 2.45. The maximum absolute atomic E-state index is 12.1. The molecule has 0 aliphatic heterocycles. The highest BCUT2D eigenvalue weighted by Crippen LogP contribution is 2.29. The minimum absolute atomic E-state index is 0.00698. The molecule has 2 rings (SSSR count). The number of carbonyl (C=O) groups is 1. The van der Waals surface area contributed by atoms with Crippen molar-refractivity contribution in [1.29, 1.82) is 0 Å². The second-order valence-electron chi connectivity index (χ2n) is 5.04. The highest BCUT2D eigenvalue weighted by atomic mass is 16.3. The number of aliphatic hydroxyl groups excluding tert-OH is 1. The Kier molecular flexibility index (Phi) is 4.76. The van der Waals surface area contributed by atoms with Gasteiger partial charge in [0.05, 0.1) is 0 Å². The van der Waals surface area contributed by atoms with E-state index < -0.39 is 0 Å². The molecular weight excluding hydrogens is 226 g/mol. The van der Waals surface area contributed by atoms with Gasteiger partial charge in [-0.25, -0.2) is 0 Å². The topological polar surface area (TPSA) is 49.3 Å². The lowest BCUT2D eigenvalue weighted by atomic mass is 9.79. The van der Waals surface area contributed by atoms with Crippen LogP contribution < -0.4 is 5.32 Å². The van der Waals surface area contributed by atoms with Crippen LogP contribution in [0.5, 0.6) is 0 Å². The monoisotopic (exact) mass is 247 g/mol. The van der Waals surface area contributed by atoms with Gasteiger partial charge < -0.3 is 10.4 Å². The predicted octanol–water partition coefficient (Wildman–Crippen LogP) is 2.10. The summed E-state index contributed by atoms with van der Waals surface area (Å²) >= 11 is 0. The van der Waals surface area contributed by atoms with Crippen LogP contribution in [0, 0.1) is 11.8 Å². The molecule has 1 saturated carbocycles. The molecule has 0 saturated heterocycles. The molecule has 3 nitrogen and oxygen atoms in total. The van der Waals surface area contributed by atoms with Crippen LogP contribution in [-0.2, 0) is 11.3 Å². The van der Waals surface area contributed by atoms with E-state index >= 15 is 0 Å². The second-order valence-corrected chi connectivity index (χ2v) is 5.04. The number of aliphatic hydroxyl groups is 1. The third-order valence-corrected chi connectivity index (χ3v) is 3.79. The summed E-state index contributed by atoms with van der Waals surface area (Å²) in [5, 5.41) is 12.3. The Labute approximate surface area is 108 Å². The van der Waals surface area contributed by atoms with E-state index in [9.17, 15) is 9.90 Å². The first-order chi connectivity index (χ1) is 8.81. The van der Waals surface area contributed by atoms with Gasteiger partial charge in [-0.15, -0.1) is 0 Å². The fraction of sp³-hybridized carbons (Fsp3) is 0.533. The zero-order chi connectivity index (χ0) is 12.8. The van der Waals surface area contributed by atoms with Crippen molar-refractivity contribution in [2.75, 3.05) is 6.61 Å². The summed E-state index contributed by atoms with van der Waals surface area (Å²) in [6.07, 6.45) is 4.11. The molecule has 0 bridgehead atoms. The van der Waals surface area contributed by atoms with E-state index in [0.717, 1.165) is 31.2 Å². The summed E-state index contributed by atoms with van der Waals surface area (Å²) in [6.45, 7) is 0.706. The van der Waals surface area contributed by atoms with Crippen molar-refractivity contribution in [3.05, 3.63) is 35.9 Å². The molecule has 2 atom stereocenters. The van der Waals surface area contributed by atoms with Crippen molar-refractivity contribution < 1.29 is 9.90 Å². The number of carbonyl (C=O) groups excluding carboxylic acids is 1. The Morgan fingerprint density at radius 2 is 1.94 bits per heavy atom. The molecule has 0 radical (unpaired) electrons. The minimum atomic E-state index is -0.00698. The molecule has 1 fully saturated rings. The Balaban J connectivity index is 1.87. The number of nitrogens with one attached hydrogen (secondary N) is 1. The zero-order valence-electron chi connectivity index (χ0n) is 10.6. The van der Waals surface area contributed by atoms with E-state index in [1.807, 2.05) is 30.3 Å². The lowest BCUT2D eigenvalue weighted by molar-refractivity contribution is -0.128. The standard InChI is InChI=1S/C15H21NO2/c17-11-13-8-4-5-9-14(13)15(18)16-10-12-6-2-1-3-7-12/h1-3,6-7,13-14,17H,4-5,8-11H2,(H,16,18)/t13-,14-/m1/s1. The van der Waals surface area contributed by atoms with Crippen LogP contribution in [0.3, 0.4) is 0 Å². The zero-order valence-corrected chi connectivity index (χ0v) is 10.6. The Morgan fingerprint density at radius 1 is 1.22 bits per heavy atom. The van der Waals surface area contributed by atoms with Crippen molar-refractivity contribution in [3.63, 3.8) is 0 Å². The minimum Gasteiger partial charge on any atom is -0.396 e. The van der Waals surface area contributed by atoms with Gasteiger partial charge in [-0.05, 0) is 24.3 Å². The van der Waals surface area contributed by atoms with Crippen LogP contribution in [0.15, 0.2) is 30.3 Å². The maximum Gasteiger partial charge on any atom is 0.223 e. The lowest BCUT2D eigenvalue weighted by Crippen LogP contribution is -2.37. The molecule has 1 aliphatic carbocycles. The smallest absolute Gasteiger partial charge is 0.223 e. The van der Waals surface area contributed by atoms with E-state index in [1.165, 1.54) is 0 Å². The van der Waals surface area contributed by atoms with Crippen LogP contribution in [0.1, 0.15) is 31.2 Å². The molecule has 2 N–H and O–H groups in total. The summed E-state index contributed by atoms with van der Waals surface area (Å²) in [6, 6.07) is 9.92. The molecule has 3 heteroatoms. The largest absolute Gasteiger partial charge is 0.396 e. The Bertz CT molecular complexity index is 377. The van der Waals surface area contributed by atoms with E-state index in [-0.39, 0.29) is 24.3 Å². The van der Waals surface area contributed by atoms with Crippen molar-refractivity contribution in [1.82, 2.24) is 5.32 Å². The number of benzene rings is 1. The number of hydrogen-bond donors (Lipinski definition) is 2. The third-order valence-electron chi connectivity index (χ3n) is 3.79. The van der Waals surface area contributed by atoms with E-state index in [0.29, 0.717) is 6.54 Å². The maximum atomic E-state index is 12.1. The van der Waals surface area contributed by atoms with Gasteiger partial charge >= 0.3 is 0 Å².